The summed E-state index contributed by atoms with van der Waals surface area (Å²) in [6, 6.07) is 17.0. The normalized spacial score (nSPS) is 25.2. The average Bonchev–Trinajstić information content (AvgIpc) is 3.27. The van der Waals surface area contributed by atoms with Crippen molar-refractivity contribution in [3.63, 3.8) is 0 Å². The molecule has 0 radical (unpaired) electrons. The van der Waals surface area contributed by atoms with Gasteiger partial charge in [-0.15, -0.1) is 0 Å². The zero-order valence-electron chi connectivity index (χ0n) is 17.0. The number of hydrogen-bond acceptors (Lipinski definition) is 4. The number of hydrogen-bond donors (Lipinski definition) is 0. The van der Waals surface area contributed by atoms with Crippen LogP contribution in [0.2, 0.25) is 0 Å². The Bertz CT molecular complexity index is 1060. The maximum atomic E-state index is 12.6. The molecule has 2 aromatic carbocycles. The van der Waals surface area contributed by atoms with Gasteiger partial charge in [0.15, 0.2) is 6.67 Å². The minimum absolute atomic E-state index is 0.341. The van der Waals surface area contributed by atoms with Crippen LogP contribution in [-0.2, 0) is 11.2 Å². The highest BCUT2D eigenvalue weighted by Crippen LogP contribution is 2.38. The van der Waals surface area contributed by atoms with Crippen molar-refractivity contribution < 1.29 is 14.0 Å². The lowest BCUT2D eigenvalue weighted by molar-refractivity contribution is -0.913. The van der Waals surface area contributed by atoms with Crippen LogP contribution in [0, 0.1) is 5.92 Å². The third kappa shape index (κ3) is 3.38. The Hall–Kier alpha value is -2.44. The monoisotopic (exact) mass is 420 g/mol. The minimum atomic E-state index is 0.341. The molecule has 2 saturated heterocycles. The summed E-state index contributed by atoms with van der Waals surface area (Å²) in [6.07, 6.45) is 4.42. The number of amides is 1. The number of benzene rings is 2. The van der Waals surface area contributed by atoms with Crippen LogP contribution in [0.5, 0.6) is 10.9 Å². The van der Waals surface area contributed by atoms with E-state index >= 15 is 0 Å². The van der Waals surface area contributed by atoms with Crippen molar-refractivity contribution in [2.45, 2.75) is 31.7 Å². The summed E-state index contributed by atoms with van der Waals surface area (Å²) in [4.78, 5) is 19.3. The van der Waals surface area contributed by atoms with Gasteiger partial charge in [0.2, 0.25) is 5.91 Å². The van der Waals surface area contributed by atoms with Gasteiger partial charge >= 0.3 is 0 Å². The molecule has 2 atom stereocenters. The molecule has 0 N–H and O–H groups in total. The fraction of sp³-hybridized carbons (Fsp3) is 0.417. The summed E-state index contributed by atoms with van der Waals surface area (Å²) in [6.45, 7) is 4.41. The van der Waals surface area contributed by atoms with Crippen LogP contribution in [0.25, 0.3) is 10.2 Å². The van der Waals surface area contributed by atoms with Gasteiger partial charge in [-0.3, -0.25) is 9.69 Å². The molecule has 0 unspecified atom stereocenters. The predicted molar refractivity (Wildman–Crippen MR) is 118 cm³/mol. The largest absolute Gasteiger partial charge is 0.431 e. The van der Waals surface area contributed by atoms with Crippen molar-refractivity contribution in [2.24, 2.45) is 5.92 Å². The molecule has 1 amide bonds. The highest BCUT2D eigenvalue weighted by molar-refractivity contribution is 7.20. The van der Waals surface area contributed by atoms with E-state index in [2.05, 4.69) is 28.1 Å². The first-order chi connectivity index (χ1) is 14.7. The van der Waals surface area contributed by atoms with Crippen LogP contribution in [0.4, 0.5) is 0 Å². The number of aromatic nitrogens is 1. The van der Waals surface area contributed by atoms with E-state index in [9.17, 15) is 4.79 Å². The second-order valence-corrected chi connectivity index (χ2v) is 10.1. The molecule has 30 heavy (non-hydrogen) atoms. The summed E-state index contributed by atoms with van der Waals surface area (Å²) in [5, 5.41) is 0.683. The first-order valence-electron chi connectivity index (χ1n) is 11.0. The first kappa shape index (κ1) is 18.3. The van der Waals surface area contributed by atoms with E-state index in [1.54, 1.807) is 11.3 Å². The number of rotatable bonds is 6. The van der Waals surface area contributed by atoms with Crippen molar-refractivity contribution in [3.8, 4) is 10.9 Å². The molecule has 1 aromatic heterocycles. The van der Waals surface area contributed by atoms with Crippen LogP contribution in [-0.4, -0.2) is 52.6 Å². The lowest BCUT2D eigenvalue weighted by atomic mass is 10.1. The number of quaternary nitrogens is 1. The molecule has 3 aliphatic rings. The smallest absolute Gasteiger partial charge is 0.279 e. The number of ether oxygens (including phenoxy) is 1. The highest BCUT2D eigenvalue weighted by atomic mass is 32.1. The van der Waals surface area contributed by atoms with Gasteiger partial charge in [-0.1, -0.05) is 35.6 Å². The molecule has 6 rings (SSSR count). The van der Waals surface area contributed by atoms with Gasteiger partial charge in [0.25, 0.3) is 5.19 Å². The predicted octanol–water partition coefficient (Wildman–Crippen LogP) is 4.43. The maximum absolute atomic E-state index is 12.6. The summed E-state index contributed by atoms with van der Waals surface area (Å²) in [5.41, 5.74) is 2.31. The van der Waals surface area contributed by atoms with Crippen LogP contribution in [0.3, 0.4) is 0 Å². The van der Waals surface area contributed by atoms with Crippen LogP contribution in [0.1, 0.15) is 24.8 Å². The SMILES string of the molecule is O=C(C1CC1)N1C[N@+]2(CCc3ccc(Oc4nc5ccccc5s4)cc3)CC[C@H]1C2. The standard InChI is InChI=1S/C24H26N3O2S/c28-23(18-7-8-18)26-16-27(14-12-19(26)15-27)13-11-17-5-9-20(10-6-17)29-24-25-21-3-1-2-4-22(21)30-24/h1-6,9-10,18-19H,7-8,11-16H2/q+1/t19-,27+/m0/s1. The van der Waals surface area contributed by atoms with E-state index in [0.717, 1.165) is 59.5 Å². The Morgan fingerprint density at radius 2 is 1.97 bits per heavy atom. The summed E-state index contributed by atoms with van der Waals surface area (Å²) >= 11 is 1.57. The van der Waals surface area contributed by atoms with Gasteiger partial charge in [0.1, 0.15) is 12.3 Å². The zero-order valence-corrected chi connectivity index (χ0v) is 17.8. The second kappa shape index (κ2) is 7.06. The van der Waals surface area contributed by atoms with Gasteiger partial charge in [-0.25, -0.2) is 4.98 Å². The van der Waals surface area contributed by atoms with Gasteiger partial charge in [0, 0.05) is 18.8 Å². The Labute approximate surface area is 180 Å². The Kier molecular flexibility index (Phi) is 4.32. The molecule has 1 saturated carbocycles. The molecule has 3 heterocycles. The van der Waals surface area contributed by atoms with Crippen LogP contribution < -0.4 is 4.74 Å². The second-order valence-electron chi connectivity index (χ2n) is 9.08. The number of carbonyl (C=O) groups is 1. The lowest BCUT2D eigenvalue weighted by Gasteiger charge is -2.34. The third-order valence-corrected chi connectivity index (χ3v) is 7.83. The number of thiazole rings is 1. The van der Waals surface area contributed by atoms with Crippen molar-refractivity contribution in [1.82, 2.24) is 9.88 Å². The zero-order chi connectivity index (χ0) is 20.1. The van der Waals surface area contributed by atoms with E-state index in [1.165, 1.54) is 18.5 Å². The number of carbonyl (C=O) groups excluding carboxylic acids is 1. The molecule has 2 bridgehead atoms. The molecule has 1 aliphatic carbocycles. The lowest BCUT2D eigenvalue weighted by Crippen LogP contribution is -2.51. The average molecular weight is 421 g/mol. The molecular formula is C24H26N3O2S+. The molecule has 6 heteroatoms. The van der Waals surface area contributed by atoms with E-state index in [1.807, 2.05) is 30.3 Å². The Balaban J connectivity index is 1.08. The van der Waals surface area contributed by atoms with Crippen LogP contribution >= 0.6 is 11.3 Å². The van der Waals surface area contributed by atoms with E-state index in [-0.39, 0.29) is 0 Å². The third-order valence-electron chi connectivity index (χ3n) is 6.92. The highest BCUT2D eigenvalue weighted by Gasteiger charge is 2.53. The Morgan fingerprint density at radius 1 is 1.13 bits per heavy atom. The molecule has 3 fully saturated rings. The van der Waals surface area contributed by atoms with Crippen LogP contribution in [0.15, 0.2) is 48.5 Å². The fourth-order valence-electron chi connectivity index (χ4n) is 5.05. The molecule has 3 aromatic rings. The van der Waals surface area contributed by atoms with Gasteiger partial charge in [-0.05, 0) is 42.7 Å². The Morgan fingerprint density at radius 3 is 2.77 bits per heavy atom. The molecule has 154 valence electrons. The molecular weight excluding hydrogens is 394 g/mol. The summed E-state index contributed by atoms with van der Waals surface area (Å²) in [5.74, 6) is 1.60. The molecule has 2 aliphatic heterocycles. The van der Waals surface area contributed by atoms with Gasteiger partial charge < -0.3 is 9.22 Å². The van der Waals surface area contributed by atoms with Crippen molar-refractivity contribution in [3.05, 3.63) is 54.1 Å². The van der Waals surface area contributed by atoms with Crippen molar-refractivity contribution in [2.75, 3.05) is 26.3 Å². The van der Waals surface area contributed by atoms with Crippen molar-refractivity contribution >= 4 is 27.5 Å². The van der Waals surface area contributed by atoms with Gasteiger partial charge in [0.05, 0.1) is 29.3 Å². The quantitative estimate of drug-likeness (QED) is 0.554. The topological polar surface area (TPSA) is 42.4 Å². The van der Waals surface area contributed by atoms with E-state index in [4.69, 9.17) is 4.74 Å². The number of nitrogens with zero attached hydrogens (tertiary/aromatic N) is 3. The minimum Gasteiger partial charge on any atom is -0.431 e. The maximum Gasteiger partial charge on any atom is 0.279 e. The van der Waals surface area contributed by atoms with Gasteiger partial charge in [-0.2, -0.15) is 0 Å². The molecule has 0 spiro atoms. The number of para-hydroxylation sites is 1. The fourth-order valence-corrected chi connectivity index (χ4v) is 5.88. The number of fused-ring (bicyclic) bond motifs is 3. The first-order valence-corrected chi connectivity index (χ1v) is 11.8. The van der Waals surface area contributed by atoms with Crippen molar-refractivity contribution in [1.29, 1.82) is 0 Å². The summed E-state index contributed by atoms with van der Waals surface area (Å²) < 4.78 is 8.20. The van der Waals surface area contributed by atoms with E-state index < -0.39 is 0 Å². The van der Waals surface area contributed by atoms with E-state index in [0.29, 0.717) is 23.1 Å². The molecule has 5 nitrogen and oxygen atoms in total. The summed E-state index contributed by atoms with van der Waals surface area (Å²) in [7, 11) is 0.